The molecule has 5 aromatic rings. The van der Waals surface area contributed by atoms with Crippen LogP contribution in [0.4, 0.5) is 35.9 Å². The summed E-state index contributed by atoms with van der Waals surface area (Å²) in [6.45, 7) is 1.89. The predicted octanol–water partition coefficient (Wildman–Crippen LogP) is 8.53. The second kappa shape index (κ2) is 14.2. The number of amides is 4. The van der Waals surface area contributed by atoms with Gasteiger partial charge in [0, 0.05) is 22.9 Å². The Bertz CT molecular complexity index is 2510. The first-order valence-corrected chi connectivity index (χ1v) is 19.2. The zero-order valence-corrected chi connectivity index (χ0v) is 31.5. The number of ether oxygens (including phenoxy) is 1. The van der Waals surface area contributed by atoms with Gasteiger partial charge < -0.3 is 15.2 Å². The number of nitrogens with zero attached hydrogens (tertiary/aromatic N) is 2. The van der Waals surface area contributed by atoms with Crippen molar-refractivity contribution in [2.24, 2.45) is 23.7 Å². The van der Waals surface area contributed by atoms with Gasteiger partial charge in [0.1, 0.15) is 11.5 Å². The van der Waals surface area contributed by atoms with Crippen LogP contribution in [0.5, 0.6) is 11.5 Å². The number of alkyl halides is 3. The van der Waals surface area contributed by atoms with Gasteiger partial charge in [0.2, 0.25) is 11.8 Å². The van der Waals surface area contributed by atoms with Gasteiger partial charge in [-0.1, -0.05) is 77.9 Å². The Labute approximate surface area is 336 Å². The predicted molar refractivity (Wildman–Crippen MR) is 212 cm³/mol. The number of rotatable bonds is 8. The summed E-state index contributed by atoms with van der Waals surface area (Å²) < 4.78 is 45.3. The average Bonchev–Trinajstić information content (AvgIpc) is 3.60. The molecule has 0 aromatic heterocycles. The van der Waals surface area contributed by atoms with Crippen LogP contribution in [0, 0.1) is 30.6 Å². The quantitative estimate of drug-likeness (QED) is 0.105. The lowest BCUT2D eigenvalue weighted by Gasteiger charge is -2.50. The fourth-order valence-corrected chi connectivity index (χ4v) is 9.69. The minimum atomic E-state index is -5.08. The van der Waals surface area contributed by atoms with E-state index in [2.05, 4.69) is 15.5 Å². The lowest BCUT2D eigenvalue weighted by Crippen LogP contribution is -2.53. The summed E-state index contributed by atoms with van der Waals surface area (Å²) in [7, 11) is 0. The first-order valence-electron chi connectivity index (χ1n) is 19.2. The van der Waals surface area contributed by atoms with Crippen molar-refractivity contribution >= 4 is 46.4 Å². The molecule has 3 fully saturated rings. The van der Waals surface area contributed by atoms with Gasteiger partial charge in [0.05, 0.1) is 34.5 Å². The number of aryl methyl sites for hydroxylation is 1. The molecule has 4 aliphatic rings. The second-order valence-corrected chi connectivity index (χ2v) is 15.4. The number of hydrazine groups is 1. The van der Waals surface area contributed by atoms with Crippen molar-refractivity contribution in [3.05, 3.63) is 156 Å². The summed E-state index contributed by atoms with van der Waals surface area (Å²) in [6.07, 6.45) is -3.28. The number of para-hydroxylation sites is 1. The summed E-state index contributed by atoms with van der Waals surface area (Å²) in [6, 6.07) is 35.0. The molecular weight excluding hydrogens is 762 g/mol. The van der Waals surface area contributed by atoms with E-state index in [1.165, 1.54) is 0 Å². The number of anilines is 4. The van der Waals surface area contributed by atoms with E-state index in [0.29, 0.717) is 22.5 Å². The van der Waals surface area contributed by atoms with Gasteiger partial charge in [0.25, 0.3) is 11.8 Å². The van der Waals surface area contributed by atoms with E-state index in [4.69, 9.17) is 0 Å². The maximum absolute atomic E-state index is 15.3. The summed E-state index contributed by atoms with van der Waals surface area (Å²) >= 11 is 0. The van der Waals surface area contributed by atoms with Gasteiger partial charge in [-0.25, -0.2) is 0 Å². The fourth-order valence-electron chi connectivity index (χ4n) is 9.69. The highest BCUT2D eigenvalue weighted by Crippen LogP contribution is 2.65. The highest BCUT2D eigenvalue weighted by Gasteiger charge is 2.70. The molecular formula is C46H37F3N4O6. The van der Waals surface area contributed by atoms with Crippen LogP contribution in [0.25, 0.3) is 0 Å². The SMILES string of the molecule is Cc1ccc(NN2C(=O)C3CC4C(=CCC5C(=O)N(c6ccc(Nc7ccccc7)cc6)C(=O)C54)C(c4cc(OC(F)(F)F)ccc4O)C3(c3ccccc3)C2=O)cc1. The third-order valence-electron chi connectivity index (χ3n) is 12.1. The summed E-state index contributed by atoms with van der Waals surface area (Å²) in [4.78, 5) is 60.4. The molecule has 6 unspecified atom stereocenters. The molecule has 0 radical (unpaired) electrons. The highest BCUT2D eigenvalue weighted by molar-refractivity contribution is 6.22. The van der Waals surface area contributed by atoms with Crippen LogP contribution >= 0.6 is 0 Å². The molecule has 1 saturated carbocycles. The zero-order valence-electron chi connectivity index (χ0n) is 31.5. The van der Waals surface area contributed by atoms with Crippen LogP contribution in [-0.2, 0) is 24.6 Å². The summed E-state index contributed by atoms with van der Waals surface area (Å²) in [5.41, 5.74) is 5.26. The molecule has 59 heavy (non-hydrogen) atoms. The molecule has 2 heterocycles. The minimum absolute atomic E-state index is 0.0403. The van der Waals surface area contributed by atoms with Crippen molar-refractivity contribution in [2.45, 2.75) is 37.5 Å². The maximum atomic E-state index is 15.3. The van der Waals surface area contributed by atoms with Crippen LogP contribution in [0.15, 0.2) is 139 Å². The van der Waals surface area contributed by atoms with Gasteiger partial charge in [-0.2, -0.15) is 5.01 Å². The molecule has 2 aliphatic heterocycles. The van der Waals surface area contributed by atoms with Crippen molar-refractivity contribution in [1.82, 2.24) is 5.01 Å². The highest BCUT2D eigenvalue weighted by atomic mass is 19.4. The third-order valence-corrected chi connectivity index (χ3v) is 12.1. The number of halogens is 3. The number of imide groups is 2. The topological polar surface area (TPSA) is 128 Å². The van der Waals surface area contributed by atoms with E-state index in [-0.39, 0.29) is 18.4 Å². The molecule has 13 heteroatoms. The molecule has 298 valence electrons. The van der Waals surface area contributed by atoms with Crippen molar-refractivity contribution in [3.63, 3.8) is 0 Å². The van der Waals surface area contributed by atoms with E-state index in [1.807, 2.05) is 49.4 Å². The molecule has 6 atom stereocenters. The normalized spacial score (nSPS) is 24.9. The number of allylic oxidation sites excluding steroid dienone is 2. The molecule has 0 spiro atoms. The second-order valence-electron chi connectivity index (χ2n) is 15.4. The van der Waals surface area contributed by atoms with Crippen LogP contribution in [-0.4, -0.2) is 40.1 Å². The number of nitrogens with one attached hydrogen (secondary N) is 2. The van der Waals surface area contributed by atoms with Gasteiger partial charge in [-0.05, 0) is 98.0 Å². The molecule has 4 amide bonds. The summed E-state index contributed by atoms with van der Waals surface area (Å²) in [5.74, 6) is -8.36. The smallest absolute Gasteiger partial charge is 0.508 e. The molecule has 0 bridgehead atoms. The van der Waals surface area contributed by atoms with Crippen LogP contribution in [0.2, 0.25) is 0 Å². The molecule has 2 aliphatic carbocycles. The van der Waals surface area contributed by atoms with Crippen molar-refractivity contribution in [1.29, 1.82) is 0 Å². The average molecular weight is 799 g/mol. The Morgan fingerprint density at radius 3 is 2.07 bits per heavy atom. The molecule has 2 saturated heterocycles. The Balaban J connectivity index is 1.17. The monoisotopic (exact) mass is 798 g/mol. The number of phenols is 1. The zero-order chi connectivity index (χ0) is 41.2. The molecule has 3 N–H and O–H groups in total. The van der Waals surface area contributed by atoms with Gasteiger partial charge in [-0.15, -0.1) is 13.2 Å². The first kappa shape index (κ1) is 37.7. The Hall–Kier alpha value is -6.89. The van der Waals surface area contributed by atoms with Crippen molar-refractivity contribution < 1.29 is 42.2 Å². The first-order chi connectivity index (χ1) is 28.3. The third kappa shape index (κ3) is 6.28. The van der Waals surface area contributed by atoms with E-state index in [9.17, 15) is 32.7 Å². The lowest BCUT2D eigenvalue weighted by molar-refractivity contribution is -0.274. The van der Waals surface area contributed by atoms with E-state index >= 15 is 4.79 Å². The van der Waals surface area contributed by atoms with Gasteiger partial charge in [-0.3, -0.25) is 29.5 Å². The van der Waals surface area contributed by atoms with E-state index in [0.717, 1.165) is 45.0 Å². The Kier molecular flexibility index (Phi) is 9.06. The maximum Gasteiger partial charge on any atom is 0.573 e. The number of fused-ring (bicyclic) bond motifs is 4. The largest absolute Gasteiger partial charge is 0.573 e. The standard InChI is InChI=1S/C46H37F3N4O6/c1-26-12-14-30(15-13-26)51-53-42(56)37-25-35-33(21-22-34-39(35)43(57)52(41(34)55)31-18-16-29(17-19-31)50-28-10-6-3-7-11-28)40(45(37,44(53)58)27-8-4-2-5-9-27)36-24-32(20-23-38(36)54)59-46(47,48)49/h2-21,23-24,34-35,37,39-40,50-51,54H,22,25H2,1H3. The van der Waals surface area contributed by atoms with Crippen LogP contribution < -0.4 is 20.4 Å². The molecule has 10 nitrogen and oxygen atoms in total. The Morgan fingerprint density at radius 1 is 0.746 bits per heavy atom. The number of carbonyl (C=O) groups is 4. The summed E-state index contributed by atoms with van der Waals surface area (Å²) in [5, 5.41) is 15.8. The number of hydrogen-bond acceptors (Lipinski definition) is 8. The Morgan fingerprint density at radius 2 is 1.39 bits per heavy atom. The van der Waals surface area contributed by atoms with Gasteiger partial charge in [0.15, 0.2) is 0 Å². The van der Waals surface area contributed by atoms with Gasteiger partial charge >= 0.3 is 6.36 Å². The van der Waals surface area contributed by atoms with Crippen molar-refractivity contribution in [3.8, 4) is 11.5 Å². The van der Waals surface area contributed by atoms with Crippen LogP contribution in [0.1, 0.15) is 35.4 Å². The molecule has 5 aromatic carbocycles. The minimum Gasteiger partial charge on any atom is -0.508 e. The number of aromatic hydroxyl groups is 1. The number of benzene rings is 5. The number of hydrogen-bond donors (Lipinski definition) is 3. The number of carbonyl (C=O) groups excluding carboxylic acids is 4. The lowest BCUT2D eigenvalue weighted by atomic mass is 9.49. The molecule has 9 rings (SSSR count). The van der Waals surface area contributed by atoms with Crippen LogP contribution in [0.3, 0.4) is 0 Å². The van der Waals surface area contributed by atoms with E-state index in [1.54, 1.807) is 72.8 Å². The van der Waals surface area contributed by atoms with E-state index < -0.39 is 76.5 Å². The number of phenolic OH excluding ortho intramolecular Hbond substituents is 1. The fraction of sp³-hybridized carbons (Fsp3) is 0.217. The van der Waals surface area contributed by atoms with Crippen molar-refractivity contribution in [2.75, 3.05) is 15.6 Å².